The first-order valence-corrected chi connectivity index (χ1v) is 4.74. The van der Waals surface area contributed by atoms with Crippen LogP contribution in [0.3, 0.4) is 0 Å². The normalized spacial score (nSPS) is 10.7. The van der Waals surface area contributed by atoms with Gasteiger partial charge in [0.15, 0.2) is 0 Å². The molecule has 0 aliphatic rings. The van der Waals surface area contributed by atoms with E-state index in [-0.39, 0.29) is 0 Å². The zero-order chi connectivity index (χ0) is 9.45. The summed E-state index contributed by atoms with van der Waals surface area (Å²) in [5.41, 5.74) is -0.556. The standard InChI is InChI=1S/C11H20O/c1-4-5-6-7-8-9-10-11(2,3)12/h12H,4-6,9-10H2,1-3H3. The van der Waals surface area contributed by atoms with E-state index in [2.05, 4.69) is 18.8 Å². The van der Waals surface area contributed by atoms with E-state index in [0.717, 1.165) is 19.3 Å². The third-order valence-corrected chi connectivity index (χ3v) is 1.64. The highest BCUT2D eigenvalue weighted by Crippen LogP contribution is 2.08. The SMILES string of the molecule is CCCCC#CCCC(C)(C)O. The highest BCUT2D eigenvalue weighted by atomic mass is 16.3. The maximum Gasteiger partial charge on any atom is 0.0600 e. The second-order valence-electron chi connectivity index (χ2n) is 3.77. The van der Waals surface area contributed by atoms with Gasteiger partial charge in [0, 0.05) is 12.8 Å². The Morgan fingerprint density at radius 2 is 1.75 bits per heavy atom. The zero-order valence-corrected chi connectivity index (χ0v) is 8.48. The second-order valence-corrected chi connectivity index (χ2v) is 3.77. The Hall–Kier alpha value is -0.480. The van der Waals surface area contributed by atoms with Crippen LogP contribution >= 0.6 is 0 Å². The summed E-state index contributed by atoms with van der Waals surface area (Å²) in [7, 11) is 0. The molecule has 0 rings (SSSR count). The van der Waals surface area contributed by atoms with E-state index in [1.54, 1.807) is 0 Å². The molecule has 0 bridgehead atoms. The van der Waals surface area contributed by atoms with Crippen LogP contribution in [0.2, 0.25) is 0 Å². The van der Waals surface area contributed by atoms with Gasteiger partial charge in [-0.1, -0.05) is 13.3 Å². The summed E-state index contributed by atoms with van der Waals surface area (Å²) in [5.74, 6) is 6.16. The fourth-order valence-electron chi connectivity index (χ4n) is 0.810. The minimum absolute atomic E-state index is 0.556. The molecule has 0 amide bonds. The molecule has 0 aromatic carbocycles. The van der Waals surface area contributed by atoms with Crippen LogP contribution in [0.1, 0.15) is 52.9 Å². The monoisotopic (exact) mass is 168 g/mol. The van der Waals surface area contributed by atoms with Gasteiger partial charge in [0.25, 0.3) is 0 Å². The Kier molecular flexibility index (Phi) is 5.84. The largest absolute Gasteiger partial charge is 0.390 e. The van der Waals surface area contributed by atoms with Crippen molar-refractivity contribution in [3.63, 3.8) is 0 Å². The van der Waals surface area contributed by atoms with Crippen molar-refractivity contribution in [3.8, 4) is 11.8 Å². The predicted molar refractivity (Wildman–Crippen MR) is 52.8 cm³/mol. The summed E-state index contributed by atoms with van der Waals surface area (Å²) in [6.45, 7) is 5.81. The van der Waals surface area contributed by atoms with Crippen LogP contribution in [0.5, 0.6) is 0 Å². The fourth-order valence-corrected chi connectivity index (χ4v) is 0.810. The van der Waals surface area contributed by atoms with Crippen molar-refractivity contribution in [3.05, 3.63) is 0 Å². The van der Waals surface area contributed by atoms with Crippen LogP contribution in [-0.2, 0) is 0 Å². The lowest BCUT2D eigenvalue weighted by atomic mass is 10.0. The van der Waals surface area contributed by atoms with Crippen molar-refractivity contribution in [2.24, 2.45) is 0 Å². The number of unbranched alkanes of at least 4 members (excludes halogenated alkanes) is 2. The third kappa shape index (κ3) is 9.52. The quantitative estimate of drug-likeness (QED) is 0.505. The van der Waals surface area contributed by atoms with Crippen LogP contribution in [0, 0.1) is 11.8 Å². The number of rotatable bonds is 4. The molecule has 0 aromatic rings. The summed E-state index contributed by atoms with van der Waals surface area (Å²) in [6.07, 6.45) is 4.98. The van der Waals surface area contributed by atoms with Crippen molar-refractivity contribution >= 4 is 0 Å². The molecule has 0 aliphatic carbocycles. The molecular weight excluding hydrogens is 148 g/mol. The average molecular weight is 168 g/mol. The molecule has 0 aliphatic heterocycles. The first-order valence-electron chi connectivity index (χ1n) is 4.74. The molecule has 0 atom stereocenters. The number of hydrogen-bond donors (Lipinski definition) is 1. The Morgan fingerprint density at radius 1 is 1.17 bits per heavy atom. The van der Waals surface area contributed by atoms with E-state index in [9.17, 15) is 5.11 Å². The molecule has 0 spiro atoms. The van der Waals surface area contributed by atoms with E-state index in [1.807, 2.05) is 13.8 Å². The van der Waals surface area contributed by atoms with Gasteiger partial charge >= 0.3 is 0 Å². The summed E-state index contributed by atoms with van der Waals surface area (Å²) in [6, 6.07) is 0. The smallest absolute Gasteiger partial charge is 0.0600 e. The molecule has 0 fully saturated rings. The molecule has 12 heavy (non-hydrogen) atoms. The van der Waals surface area contributed by atoms with Gasteiger partial charge in [-0.25, -0.2) is 0 Å². The van der Waals surface area contributed by atoms with Gasteiger partial charge in [0.1, 0.15) is 0 Å². The Morgan fingerprint density at radius 3 is 2.25 bits per heavy atom. The molecule has 0 radical (unpaired) electrons. The molecule has 0 saturated heterocycles. The number of hydrogen-bond acceptors (Lipinski definition) is 1. The summed E-state index contributed by atoms with van der Waals surface area (Å²) < 4.78 is 0. The molecule has 0 saturated carbocycles. The summed E-state index contributed by atoms with van der Waals surface area (Å²) in [4.78, 5) is 0. The maximum absolute atomic E-state index is 9.35. The minimum Gasteiger partial charge on any atom is -0.390 e. The van der Waals surface area contributed by atoms with Crippen LogP contribution in [0.4, 0.5) is 0 Å². The van der Waals surface area contributed by atoms with Gasteiger partial charge in [0.05, 0.1) is 5.60 Å². The van der Waals surface area contributed by atoms with Crippen LogP contribution < -0.4 is 0 Å². The van der Waals surface area contributed by atoms with Gasteiger partial charge in [-0.05, 0) is 26.7 Å². The van der Waals surface area contributed by atoms with Crippen LogP contribution in [-0.4, -0.2) is 10.7 Å². The van der Waals surface area contributed by atoms with E-state index in [4.69, 9.17) is 0 Å². The highest BCUT2D eigenvalue weighted by molar-refractivity contribution is 4.99. The lowest BCUT2D eigenvalue weighted by Gasteiger charge is -2.13. The van der Waals surface area contributed by atoms with E-state index in [0.29, 0.717) is 0 Å². The van der Waals surface area contributed by atoms with Crippen molar-refractivity contribution < 1.29 is 5.11 Å². The molecule has 0 heterocycles. The van der Waals surface area contributed by atoms with Crippen LogP contribution in [0.25, 0.3) is 0 Å². The lowest BCUT2D eigenvalue weighted by molar-refractivity contribution is 0.0727. The average Bonchev–Trinajstić information content (AvgIpc) is 1.94. The fraction of sp³-hybridized carbons (Fsp3) is 0.818. The lowest BCUT2D eigenvalue weighted by Crippen LogP contribution is -2.17. The van der Waals surface area contributed by atoms with Crippen LogP contribution in [0.15, 0.2) is 0 Å². The minimum atomic E-state index is -0.556. The van der Waals surface area contributed by atoms with Gasteiger partial charge < -0.3 is 5.11 Å². The third-order valence-electron chi connectivity index (χ3n) is 1.64. The molecule has 0 unspecified atom stereocenters. The first-order chi connectivity index (χ1) is 5.56. The first kappa shape index (κ1) is 11.5. The molecule has 1 N–H and O–H groups in total. The van der Waals surface area contributed by atoms with E-state index >= 15 is 0 Å². The number of aliphatic hydroxyl groups is 1. The Balaban J connectivity index is 3.33. The zero-order valence-electron chi connectivity index (χ0n) is 8.48. The Bertz CT molecular complexity index is 154. The molecular formula is C11H20O. The van der Waals surface area contributed by atoms with Crippen molar-refractivity contribution in [1.29, 1.82) is 0 Å². The predicted octanol–water partition coefficient (Wildman–Crippen LogP) is 2.73. The molecule has 1 heteroatoms. The summed E-state index contributed by atoms with van der Waals surface area (Å²) >= 11 is 0. The Labute approximate surface area is 76.2 Å². The van der Waals surface area contributed by atoms with Gasteiger partial charge in [0.2, 0.25) is 0 Å². The van der Waals surface area contributed by atoms with E-state index in [1.165, 1.54) is 12.8 Å². The van der Waals surface area contributed by atoms with Crippen molar-refractivity contribution in [2.75, 3.05) is 0 Å². The van der Waals surface area contributed by atoms with Gasteiger partial charge in [-0.2, -0.15) is 0 Å². The van der Waals surface area contributed by atoms with E-state index < -0.39 is 5.60 Å². The maximum atomic E-state index is 9.35. The molecule has 0 aromatic heterocycles. The highest BCUT2D eigenvalue weighted by Gasteiger charge is 2.09. The topological polar surface area (TPSA) is 20.2 Å². The molecule has 1 nitrogen and oxygen atoms in total. The summed E-state index contributed by atoms with van der Waals surface area (Å²) in [5, 5.41) is 9.35. The molecule has 70 valence electrons. The van der Waals surface area contributed by atoms with Gasteiger partial charge in [-0.15, -0.1) is 11.8 Å². The van der Waals surface area contributed by atoms with Crippen molar-refractivity contribution in [1.82, 2.24) is 0 Å². The van der Waals surface area contributed by atoms with Gasteiger partial charge in [-0.3, -0.25) is 0 Å². The van der Waals surface area contributed by atoms with Crippen molar-refractivity contribution in [2.45, 2.75) is 58.5 Å². The second kappa shape index (κ2) is 6.08.